The molecule has 0 spiro atoms. The van der Waals surface area contributed by atoms with E-state index in [0.29, 0.717) is 15.2 Å². The van der Waals surface area contributed by atoms with Crippen LogP contribution in [0.3, 0.4) is 0 Å². The second kappa shape index (κ2) is 14.5. The number of nitrogens with zero attached hydrogens (tertiary/aromatic N) is 1. The summed E-state index contributed by atoms with van der Waals surface area (Å²) >= 11 is 0. The fraction of sp³-hybridized carbons (Fsp3) is 0.250. The first kappa shape index (κ1) is 30.6. The minimum atomic E-state index is -0.0922. The van der Waals surface area contributed by atoms with E-state index in [1.54, 1.807) is 0 Å². The molecule has 0 saturated carbocycles. The van der Waals surface area contributed by atoms with Crippen molar-refractivity contribution in [3.05, 3.63) is 161 Å². The molecule has 0 aliphatic rings. The summed E-state index contributed by atoms with van der Waals surface area (Å²) in [6, 6.07) is 45.9. The van der Waals surface area contributed by atoms with E-state index in [9.17, 15) is 0 Å². The quantitative estimate of drug-likeness (QED) is 0.128. The minimum Gasteiger partial charge on any atom is -0.488 e. The maximum atomic E-state index is 6.93. The molecule has 0 aliphatic carbocycles. The van der Waals surface area contributed by atoms with E-state index < -0.39 is 0 Å². The third-order valence-corrected chi connectivity index (χ3v) is 9.84. The van der Waals surface area contributed by atoms with Gasteiger partial charge in [0, 0.05) is 36.9 Å². The normalized spacial score (nSPS) is 12.7. The highest BCUT2D eigenvalue weighted by molar-refractivity contribution is 7.49. The van der Waals surface area contributed by atoms with Crippen molar-refractivity contribution in [3.8, 4) is 5.75 Å². The Hall–Kier alpha value is -3.87. The molecule has 0 bridgehead atoms. The molecule has 5 aromatic carbocycles. The van der Waals surface area contributed by atoms with Crippen molar-refractivity contribution in [3.63, 3.8) is 0 Å². The van der Waals surface area contributed by atoms with Gasteiger partial charge in [0.25, 0.3) is 0 Å². The monoisotopic (exact) mass is 585 g/mol. The molecule has 0 amide bonds. The number of hydrogen-bond donors (Lipinski definition) is 0. The van der Waals surface area contributed by atoms with Gasteiger partial charge in [-0.05, 0) is 52.0 Å². The Kier molecular flexibility index (Phi) is 10.3. The average Bonchev–Trinajstić information content (AvgIpc) is 3.02. The molecular formula is C40H44NOP. The Morgan fingerprint density at radius 2 is 1.21 bits per heavy atom. The van der Waals surface area contributed by atoms with Crippen LogP contribution in [0.25, 0.3) is 0 Å². The lowest BCUT2D eigenvalue weighted by molar-refractivity contribution is 0.296. The molecule has 0 fully saturated rings. The molecule has 0 radical (unpaired) electrons. The molecule has 0 aromatic heterocycles. The van der Waals surface area contributed by atoms with Gasteiger partial charge in [-0.2, -0.15) is 0 Å². The molecule has 2 atom stereocenters. The lowest BCUT2D eigenvalue weighted by Crippen LogP contribution is -2.24. The Balaban J connectivity index is 1.68. The number of para-hydroxylation sites is 1. The van der Waals surface area contributed by atoms with E-state index in [-0.39, 0.29) is 5.16 Å². The lowest BCUT2D eigenvalue weighted by Gasteiger charge is -2.35. The third kappa shape index (κ3) is 7.95. The van der Waals surface area contributed by atoms with Gasteiger partial charge in [0.2, 0.25) is 0 Å². The van der Waals surface area contributed by atoms with Gasteiger partial charge in [0.1, 0.15) is 12.4 Å². The number of ether oxygens (including phenoxy) is 1. The first-order valence-corrected chi connectivity index (χ1v) is 16.4. The number of hydrogen-bond acceptors (Lipinski definition) is 2. The Morgan fingerprint density at radius 1 is 0.651 bits per heavy atom. The van der Waals surface area contributed by atoms with Crippen LogP contribution in [0.4, 0.5) is 5.69 Å². The maximum Gasteiger partial charge on any atom is 0.127 e. The third-order valence-electron chi connectivity index (χ3n) is 8.08. The zero-order valence-electron chi connectivity index (χ0n) is 26.0. The Morgan fingerprint density at radius 3 is 1.81 bits per heavy atom. The molecular weight excluding hydrogens is 541 g/mol. The van der Waals surface area contributed by atoms with Crippen molar-refractivity contribution in [2.75, 3.05) is 19.0 Å². The van der Waals surface area contributed by atoms with Crippen LogP contribution in [0.15, 0.2) is 127 Å². The second-order valence-corrected chi connectivity index (χ2v) is 13.7. The van der Waals surface area contributed by atoms with E-state index in [2.05, 4.69) is 160 Å². The van der Waals surface area contributed by atoms with Crippen LogP contribution in [0.5, 0.6) is 5.75 Å². The molecule has 0 saturated heterocycles. The van der Waals surface area contributed by atoms with Gasteiger partial charge in [-0.3, -0.25) is 0 Å². The summed E-state index contributed by atoms with van der Waals surface area (Å²) in [7, 11) is 4.89. The average molecular weight is 586 g/mol. The van der Waals surface area contributed by atoms with Gasteiger partial charge in [0.15, 0.2) is 0 Å². The van der Waals surface area contributed by atoms with Crippen molar-refractivity contribution < 1.29 is 4.74 Å². The summed E-state index contributed by atoms with van der Waals surface area (Å²) in [5.41, 5.74) is 9.04. The zero-order chi connectivity index (χ0) is 30.1. The minimum absolute atomic E-state index is 0.0922. The Labute approximate surface area is 260 Å². The molecule has 5 rings (SSSR count). The molecule has 3 heteroatoms. The predicted octanol–water partition coefficient (Wildman–Crippen LogP) is 9.53. The molecule has 5 aromatic rings. The smallest absolute Gasteiger partial charge is 0.127 e. The van der Waals surface area contributed by atoms with E-state index in [0.717, 1.165) is 31.4 Å². The van der Waals surface area contributed by atoms with Crippen LogP contribution in [0, 0.1) is 0 Å². The van der Waals surface area contributed by atoms with Gasteiger partial charge in [0.05, 0.1) is 0 Å². The first-order valence-electron chi connectivity index (χ1n) is 15.4. The van der Waals surface area contributed by atoms with Crippen molar-refractivity contribution in [1.29, 1.82) is 0 Å². The van der Waals surface area contributed by atoms with E-state index in [4.69, 9.17) is 4.74 Å². The van der Waals surface area contributed by atoms with Crippen LogP contribution in [-0.2, 0) is 24.6 Å². The van der Waals surface area contributed by atoms with Crippen LogP contribution >= 0.6 is 8.58 Å². The van der Waals surface area contributed by atoms with Crippen LogP contribution in [-0.4, -0.2) is 14.1 Å². The summed E-state index contributed by atoms with van der Waals surface area (Å²) in [5.74, 6) is 1.05. The van der Waals surface area contributed by atoms with Gasteiger partial charge in [-0.1, -0.05) is 150 Å². The summed E-state index contributed by atoms with van der Waals surface area (Å²) in [6.45, 7) is 5.32. The fourth-order valence-electron chi connectivity index (χ4n) is 5.98. The number of anilines is 1. The molecule has 43 heavy (non-hydrogen) atoms. The summed E-state index contributed by atoms with van der Waals surface area (Å²) < 4.78 is 6.93. The molecule has 220 valence electrons. The Bertz CT molecular complexity index is 1580. The second-order valence-electron chi connectivity index (χ2n) is 11.8. The van der Waals surface area contributed by atoms with Gasteiger partial charge in [-0.25, -0.2) is 0 Å². The topological polar surface area (TPSA) is 12.5 Å². The van der Waals surface area contributed by atoms with E-state index in [1.165, 1.54) is 44.4 Å². The molecule has 0 aliphatic heterocycles. The standard InChI is InChI=1S/C40H44NOP/c1-5-25-40(2,43-38-24-16-15-23-37(38)41(3)4)36-29-34(26-31-17-9-6-10-18-31)28-35(27-32-19-11-7-12-20-32)39(36)42-30-33-21-13-8-14-22-33/h6-24,28-29,43H,5,25-27,30H2,1-4H3. The van der Waals surface area contributed by atoms with Crippen LogP contribution in [0.2, 0.25) is 0 Å². The fourth-order valence-corrected chi connectivity index (χ4v) is 7.88. The molecule has 0 heterocycles. The van der Waals surface area contributed by atoms with E-state index in [1.807, 2.05) is 0 Å². The number of benzene rings is 5. The highest BCUT2D eigenvalue weighted by Gasteiger charge is 2.32. The van der Waals surface area contributed by atoms with Crippen LogP contribution < -0.4 is 14.9 Å². The first-order chi connectivity index (χ1) is 20.9. The molecule has 2 nitrogen and oxygen atoms in total. The van der Waals surface area contributed by atoms with E-state index >= 15 is 0 Å². The van der Waals surface area contributed by atoms with Gasteiger partial charge in [-0.15, -0.1) is 0 Å². The molecule has 0 N–H and O–H groups in total. The van der Waals surface area contributed by atoms with Crippen LogP contribution in [0.1, 0.15) is 60.1 Å². The lowest BCUT2D eigenvalue weighted by atomic mass is 9.87. The van der Waals surface area contributed by atoms with Crippen molar-refractivity contribution >= 4 is 19.6 Å². The molecule has 2 unspecified atom stereocenters. The van der Waals surface area contributed by atoms with Gasteiger partial charge < -0.3 is 9.64 Å². The predicted molar refractivity (Wildman–Crippen MR) is 187 cm³/mol. The summed E-state index contributed by atoms with van der Waals surface area (Å²) in [5, 5.41) is 1.31. The largest absolute Gasteiger partial charge is 0.488 e. The summed E-state index contributed by atoms with van der Waals surface area (Å²) in [6.07, 6.45) is 3.91. The SMILES string of the molecule is CCCC(C)(Pc1ccccc1N(C)C)c1cc(Cc2ccccc2)cc(Cc2ccccc2)c1OCc1ccccc1. The zero-order valence-corrected chi connectivity index (χ0v) is 27.0. The van der Waals surface area contributed by atoms with Gasteiger partial charge >= 0.3 is 0 Å². The van der Waals surface area contributed by atoms with Crippen molar-refractivity contribution in [1.82, 2.24) is 0 Å². The highest BCUT2D eigenvalue weighted by atomic mass is 31.1. The maximum absolute atomic E-state index is 6.93. The highest BCUT2D eigenvalue weighted by Crippen LogP contribution is 2.50. The van der Waals surface area contributed by atoms with Crippen molar-refractivity contribution in [2.45, 2.75) is 51.3 Å². The summed E-state index contributed by atoms with van der Waals surface area (Å²) in [4.78, 5) is 2.24. The number of rotatable bonds is 13. The van der Waals surface area contributed by atoms with Crippen molar-refractivity contribution in [2.24, 2.45) is 0 Å².